The van der Waals surface area contributed by atoms with Crippen LogP contribution in [0.15, 0.2) is 41.4 Å². The molecule has 0 atom stereocenters. The number of thiocarbonyl (C=S) groups is 1. The molecule has 1 heterocycles. The van der Waals surface area contributed by atoms with Crippen LogP contribution >= 0.6 is 35.6 Å². The quantitative estimate of drug-likeness (QED) is 0.404. The predicted molar refractivity (Wildman–Crippen MR) is 111 cm³/mol. The van der Waals surface area contributed by atoms with E-state index < -0.39 is 0 Å². The van der Waals surface area contributed by atoms with E-state index in [2.05, 4.69) is 20.4 Å². The SMILES string of the molecule is S=C(NCCSc1ccc(Cl)cc1)Nc1ccnn1C1CCCCC1. The minimum atomic E-state index is 0.495. The van der Waals surface area contributed by atoms with Gasteiger partial charge >= 0.3 is 0 Å². The maximum Gasteiger partial charge on any atom is 0.171 e. The molecule has 1 aliphatic carbocycles. The third-order valence-electron chi connectivity index (χ3n) is 4.30. The van der Waals surface area contributed by atoms with E-state index >= 15 is 0 Å². The molecule has 0 bridgehead atoms. The summed E-state index contributed by atoms with van der Waals surface area (Å²) in [4.78, 5) is 1.21. The van der Waals surface area contributed by atoms with Gasteiger partial charge in [0.05, 0.1) is 12.2 Å². The molecule has 1 saturated carbocycles. The molecule has 1 aromatic carbocycles. The molecule has 0 unspecified atom stereocenters. The Bertz CT molecular complexity index is 681. The van der Waals surface area contributed by atoms with Crippen LogP contribution in [0.3, 0.4) is 0 Å². The molecule has 2 aromatic rings. The normalized spacial score (nSPS) is 15.1. The molecule has 3 rings (SSSR count). The first kappa shape index (κ1) is 18.5. The molecule has 4 nitrogen and oxygen atoms in total. The highest BCUT2D eigenvalue weighted by Crippen LogP contribution is 2.29. The van der Waals surface area contributed by atoms with Gasteiger partial charge in [-0.15, -0.1) is 11.8 Å². The third-order valence-corrected chi connectivity index (χ3v) is 5.81. The smallest absolute Gasteiger partial charge is 0.171 e. The molecule has 25 heavy (non-hydrogen) atoms. The van der Waals surface area contributed by atoms with E-state index in [1.165, 1.54) is 37.0 Å². The van der Waals surface area contributed by atoms with Crippen LogP contribution in [-0.4, -0.2) is 27.2 Å². The fraction of sp³-hybridized carbons (Fsp3) is 0.444. The minimum Gasteiger partial charge on any atom is -0.362 e. The lowest BCUT2D eigenvalue weighted by molar-refractivity contribution is 0.333. The second-order valence-electron chi connectivity index (χ2n) is 6.14. The number of anilines is 1. The van der Waals surface area contributed by atoms with Crippen molar-refractivity contribution in [1.29, 1.82) is 0 Å². The topological polar surface area (TPSA) is 41.9 Å². The summed E-state index contributed by atoms with van der Waals surface area (Å²) in [6, 6.07) is 10.4. The molecule has 1 aliphatic rings. The Morgan fingerprint density at radius 3 is 2.72 bits per heavy atom. The zero-order valence-corrected chi connectivity index (χ0v) is 16.5. The number of hydrogen-bond acceptors (Lipinski definition) is 3. The lowest BCUT2D eigenvalue weighted by Crippen LogP contribution is -2.31. The van der Waals surface area contributed by atoms with Crippen LogP contribution in [0.1, 0.15) is 38.1 Å². The average molecular weight is 395 g/mol. The number of thioether (sulfide) groups is 1. The highest BCUT2D eigenvalue weighted by Gasteiger charge is 2.18. The van der Waals surface area contributed by atoms with Gasteiger partial charge in [-0.05, 0) is 49.3 Å². The van der Waals surface area contributed by atoms with E-state index in [4.69, 9.17) is 23.8 Å². The number of aromatic nitrogens is 2. The summed E-state index contributed by atoms with van der Waals surface area (Å²) in [6.45, 7) is 0.802. The van der Waals surface area contributed by atoms with E-state index in [1.54, 1.807) is 11.8 Å². The molecule has 0 amide bonds. The highest BCUT2D eigenvalue weighted by molar-refractivity contribution is 7.99. The second-order valence-corrected chi connectivity index (χ2v) is 8.15. The number of benzene rings is 1. The summed E-state index contributed by atoms with van der Waals surface area (Å²) in [7, 11) is 0. The lowest BCUT2D eigenvalue weighted by Gasteiger charge is -2.24. The zero-order valence-electron chi connectivity index (χ0n) is 14.1. The Kier molecular flexibility index (Phi) is 7.02. The average Bonchev–Trinajstić information content (AvgIpc) is 3.09. The van der Waals surface area contributed by atoms with Crippen molar-refractivity contribution in [1.82, 2.24) is 15.1 Å². The molecular weight excluding hydrogens is 372 g/mol. The van der Waals surface area contributed by atoms with E-state index in [9.17, 15) is 0 Å². The summed E-state index contributed by atoms with van der Waals surface area (Å²) in [5.41, 5.74) is 0. The monoisotopic (exact) mass is 394 g/mol. The Hall–Kier alpha value is -1.24. The van der Waals surface area contributed by atoms with Crippen LogP contribution in [0.25, 0.3) is 0 Å². The van der Waals surface area contributed by atoms with Crippen molar-refractivity contribution in [2.45, 2.75) is 43.0 Å². The number of nitrogens with one attached hydrogen (secondary N) is 2. The Morgan fingerprint density at radius 1 is 1.20 bits per heavy atom. The van der Waals surface area contributed by atoms with Crippen LogP contribution in [0.4, 0.5) is 5.82 Å². The molecule has 0 spiro atoms. The Morgan fingerprint density at radius 2 is 1.96 bits per heavy atom. The zero-order chi connectivity index (χ0) is 17.5. The number of hydrogen-bond donors (Lipinski definition) is 2. The Balaban J connectivity index is 1.42. The van der Waals surface area contributed by atoms with Crippen LogP contribution in [-0.2, 0) is 0 Å². The molecule has 134 valence electrons. The third kappa shape index (κ3) is 5.62. The van der Waals surface area contributed by atoms with Crippen molar-refractivity contribution in [3.63, 3.8) is 0 Å². The van der Waals surface area contributed by atoms with Crippen LogP contribution < -0.4 is 10.6 Å². The maximum atomic E-state index is 5.90. The second kappa shape index (κ2) is 9.46. The molecule has 1 fully saturated rings. The van der Waals surface area contributed by atoms with Gasteiger partial charge in [-0.1, -0.05) is 30.9 Å². The summed E-state index contributed by atoms with van der Waals surface area (Å²) in [5.74, 6) is 1.92. The van der Waals surface area contributed by atoms with Crippen molar-refractivity contribution in [2.75, 3.05) is 17.6 Å². The molecule has 0 radical (unpaired) electrons. The first-order valence-corrected chi connectivity index (χ1v) is 10.5. The van der Waals surface area contributed by atoms with Crippen molar-refractivity contribution in [2.24, 2.45) is 0 Å². The van der Waals surface area contributed by atoms with Gasteiger partial charge in [-0.3, -0.25) is 0 Å². The van der Waals surface area contributed by atoms with Gasteiger partial charge in [0.2, 0.25) is 0 Å². The van der Waals surface area contributed by atoms with Gasteiger partial charge < -0.3 is 10.6 Å². The van der Waals surface area contributed by atoms with Gasteiger partial charge in [0, 0.05) is 28.3 Å². The minimum absolute atomic E-state index is 0.495. The molecule has 0 saturated heterocycles. The summed E-state index contributed by atoms with van der Waals surface area (Å²) in [6.07, 6.45) is 8.16. The van der Waals surface area contributed by atoms with Gasteiger partial charge in [-0.2, -0.15) is 5.10 Å². The van der Waals surface area contributed by atoms with Crippen molar-refractivity contribution in [3.8, 4) is 0 Å². The number of nitrogens with zero attached hydrogens (tertiary/aromatic N) is 2. The highest BCUT2D eigenvalue weighted by atomic mass is 35.5. The number of rotatable bonds is 6. The van der Waals surface area contributed by atoms with E-state index in [0.29, 0.717) is 11.2 Å². The largest absolute Gasteiger partial charge is 0.362 e. The molecule has 1 aromatic heterocycles. The van der Waals surface area contributed by atoms with Gasteiger partial charge in [-0.25, -0.2) is 4.68 Å². The fourth-order valence-corrected chi connectivity index (χ4v) is 4.16. The van der Waals surface area contributed by atoms with Crippen molar-refractivity contribution >= 4 is 46.5 Å². The van der Waals surface area contributed by atoms with E-state index in [1.807, 2.05) is 36.5 Å². The molecular formula is C18H23ClN4S2. The van der Waals surface area contributed by atoms with Gasteiger partial charge in [0.1, 0.15) is 5.82 Å². The Labute approximate surface area is 163 Å². The van der Waals surface area contributed by atoms with Crippen LogP contribution in [0.2, 0.25) is 5.02 Å². The summed E-state index contributed by atoms with van der Waals surface area (Å²) < 4.78 is 2.09. The fourth-order valence-electron chi connectivity index (χ4n) is 3.05. The first-order valence-electron chi connectivity index (χ1n) is 8.69. The van der Waals surface area contributed by atoms with E-state index in [-0.39, 0.29) is 0 Å². The van der Waals surface area contributed by atoms with Crippen LogP contribution in [0.5, 0.6) is 0 Å². The standard InChI is InChI=1S/C18H23ClN4S2/c19-14-6-8-16(9-7-14)25-13-12-20-18(24)22-17-10-11-21-23(17)15-4-2-1-3-5-15/h6-11,15H,1-5,12-13H2,(H2,20,22,24). The molecule has 2 N–H and O–H groups in total. The first-order chi connectivity index (χ1) is 12.2. The molecule has 0 aliphatic heterocycles. The molecule has 7 heteroatoms. The van der Waals surface area contributed by atoms with Crippen molar-refractivity contribution in [3.05, 3.63) is 41.6 Å². The van der Waals surface area contributed by atoms with Crippen molar-refractivity contribution < 1.29 is 0 Å². The lowest BCUT2D eigenvalue weighted by atomic mass is 9.96. The van der Waals surface area contributed by atoms with Gasteiger partial charge in [0.25, 0.3) is 0 Å². The van der Waals surface area contributed by atoms with Gasteiger partial charge in [0.15, 0.2) is 5.11 Å². The predicted octanol–water partition coefficient (Wildman–Crippen LogP) is 5.12. The maximum absolute atomic E-state index is 5.90. The number of halogens is 1. The van der Waals surface area contributed by atoms with E-state index in [0.717, 1.165) is 23.1 Å². The summed E-state index contributed by atoms with van der Waals surface area (Å²) >= 11 is 13.1. The van der Waals surface area contributed by atoms with Crippen LogP contribution in [0, 0.1) is 0 Å². The summed E-state index contributed by atoms with van der Waals surface area (Å²) in [5, 5.41) is 12.5.